The molecular weight excluding hydrogens is 412 g/mol. The molecule has 1 fully saturated rings. The number of amides is 1. The first kappa shape index (κ1) is 23.3. The molecule has 1 unspecified atom stereocenters. The van der Waals surface area contributed by atoms with E-state index < -0.39 is 10.0 Å². The molecule has 2 aromatic rings. The first-order valence-electron chi connectivity index (χ1n) is 10.7. The Balaban J connectivity index is 1.87. The van der Waals surface area contributed by atoms with Gasteiger partial charge in [0.05, 0.1) is 23.6 Å². The van der Waals surface area contributed by atoms with Gasteiger partial charge in [0.2, 0.25) is 10.0 Å². The van der Waals surface area contributed by atoms with Crippen molar-refractivity contribution in [2.45, 2.75) is 51.5 Å². The summed E-state index contributed by atoms with van der Waals surface area (Å²) in [4.78, 5) is 13.2. The van der Waals surface area contributed by atoms with Gasteiger partial charge >= 0.3 is 0 Å². The van der Waals surface area contributed by atoms with Gasteiger partial charge in [-0.05, 0) is 68.9 Å². The quantitative estimate of drug-likeness (QED) is 0.724. The van der Waals surface area contributed by atoms with Gasteiger partial charge in [0.1, 0.15) is 5.75 Å². The minimum atomic E-state index is -3.66. The third-order valence-corrected chi connectivity index (χ3v) is 7.93. The predicted molar refractivity (Wildman–Crippen MR) is 122 cm³/mol. The zero-order chi connectivity index (χ0) is 22.8. The Morgan fingerprint density at radius 1 is 1.13 bits per heavy atom. The molecule has 31 heavy (non-hydrogen) atoms. The van der Waals surface area contributed by atoms with Gasteiger partial charge in [-0.25, -0.2) is 8.42 Å². The first-order chi connectivity index (χ1) is 14.6. The molecule has 3 rings (SSSR count). The number of hydrogen-bond acceptors (Lipinski definition) is 4. The highest BCUT2D eigenvalue weighted by atomic mass is 32.2. The molecule has 7 heteroatoms. The van der Waals surface area contributed by atoms with Gasteiger partial charge in [0.15, 0.2) is 0 Å². The summed E-state index contributed by atoms with van der Waals surface area (Å²) in [5, 5.41) is 2.98. The summed E-state index contributed by atoms with van der Waals surface area (Å²) in [5.74, 6) is 0.501. The summed E-state index contributed by atoms with van der Waals surface area (Å²) < 4.78 is 33.1. The normalized spacial score (nSPS) is 16.7. The highest BCUT2D eigenvalue weighted by Crippen LogP contribution is 2.28. The van der Waals surface area contributed by atoms with Crippen LogP contribution < -0.4 is 10.1 Å². The molecule has 0 spiro atoms. The lowest BCUT2D eigenvalue weighted by Crippen LogP contribution is -2.38. The summed E-state index contributed by atoms with van der Waals surface area (Å²) in [6, 6.07) is 10.3. The van der Waals surface area contributed by atoms with Gasteiger partial charge in [-0.15, -0.1) is 0 Å². The fraction of sp³-hybridized carbons (Fsp3) is 0.458. The van der Waals surface area contributed by atoms with Crippen molar-refractivity contribution in [3.05, 3.63) is 58.7 Å². The predicted octanol–water partition coefficient (Wildman–Crippen LogP) is 4.22. The van der Waals surface area contributed by atoms with Crippen molar-refractivity contribution in [2.75, 3.05) is 20.2 Å². The second-order valence-corrected chi connectivity index (χ2v) is 10.4. The Bertz CT molecular complexity index is 1060. The highest BCUT2D eigenvalue weighted by molar-refractivity contribution is 7.89. The number of hydrogen-bond donors (Lipinski definition) is 1. The summed E-state index contributed by atoms with van der Waals surface area (Å²) in [5.41, 5.74) is 3.48. The summed E-state index contributed by atoms with van der Waals surface area (Å²) in [6.45, 7) is 9.09. The number of sulfonamides is 1. The number of benzene rings is 2. The molecule has 1 aliphatic rings. The van der Waals surface area contributed by atoms with Gasteiger partial charge in [0, 0.05) is 13.1 Å². The van der Waals surface area contributed by atoms with Crippen molar-refractivity contribution in [3.63, 3.8) is 0 Å². The van der Waals surface area contributed by atoms with Crippen molar-refractivity contribution in [3.8, 4) is 5.75 Å². The van der Waals surface area contributed by atoms with Crippen LogP contribution in [0, 0.1) is 19.8 Å². The lowest BCUT2D eigenvalue weighted by Gasteiger charge is -2.29. The van der Waals surface area contributed by atoms with Crippen LogP contribution in [0.5, 0.6) is 5.75 Å². The van der Waals surface area contributed by atoms with Crippen LogP contribution in [-0.2, 0) is 10.0 Å². The average Bonchev–Trinajstić information content (AvgIpc) is 2.73. The first-order valence-corrected chi connectivity index (χ1v) is 12.1. The van der Waals surface area contributed by atoms with Gasteiger partial charge in [-0.2, -0.15) is 4.31 Å². The fourth-order valence-electron chi connectivity index (χ4n) is 4.06. The molecule has 1 saturated heterocycles. The van der Waals surface area contributed by atoms with E-state index in [4.69, 9.17) is 4.74 Å². The lowest BCUT2D eigenvalue weighted by atomic mass is 10.00. The van der Waals surface area contributed by atoms with E-state index in [1.54, 1.807) is 6.07 Å². The van der Waals surface area contributed by atoms with Crippen molar-refractivity contribution >= 4 is 15.9 Å². The molecule has 1 atom stereocenters. The van der Waals surface area contributed by atoms with E-state index in [0.717, 1.165) is 29.5 Å². The third kappa shape index (κ3) is 5.10. The van der Waals surface area contributed by atoms with Crippen LogP contribution in [0.25, 0.3) is 0 Å². The highest BCUT2D eigenvalue weighted by Gasteiger charge is 2.29. The van der Waals surface area contributed by atoms with E-state index in [1.165, 1.54) is 23.5 Å². The van der Waals surface area contributed by atoms with Crippen LogP contribution in [0.15, 0.2) is 41.3 Å². The molecule has 6 nitrogen and oxygen atoms in total. The van der Waals surface area contributed by atoms with E-state index in [0.29, 0.717) is 24.8 Å². The van der Waals surface area contributed by atoms with E-state index in [2.05, 4.69) is 18.3 Å². The fourth-order valence-corrected chi connectivity index (χ4v) is 5.56. The molecule has 168 valence electrons. The topological polar surface area (TPSA) is 75.7 Å². The lowest BCUT2D eigenvalue weighted by molar-refractivity contribution is 0.0936. The molecule has 0 bridgehead atoms. The van der Waals surface area contributed by atoms with Crippen molar-refractivity contribution in [1.29, 1.82) is 0 Å². The maximum Gasteiger partial charge on any atom is 0.255 e. The number of carbonyl (C=O) groups excluding carboxylic acids is 1. The standard InChI is InChI=1S/C24H32N2O4S/c1-16-10-12-26(13-11-16)31(28,29)20-7-9-23(30-5)22(15-20)24(27)25-19(4)21-8-6-17(2)14-18(21)3/h6-9,14-16,19H,10-13H2,1-5H3,(H,25,27). The Morgan fingerprint density at radius 2 is 1.81 bits per heavy atom. The Labute approximate surface area is 185 Å². The van der Waals surface area contributed by atoms with Crippen LogP contribution in [0.1, 0.15) is 59.8 Å². The van der Waals surface area contributed by atoms with Crippen LogP contribution in [0.4, 0.5) is 0 Å². The molecule has 0 saturated carbocycles. The molecular formula is C24H32N2O4S. The largest absolute Gasteiger partial charge is 0.496 e. The Hall–Kier alpha value is -2.38. The average molecular weight is 445 g/mol. The molecule has 1 N–H and O–H groups in total. The molecule has 1 heterocycles. The third-order valence-electron chi connectivity index (χ3n) is 6.04. The number of piperidine rings is 1. The van der Waals surface area contributed by atoms with E-state index in [-0.39, 0.29) is 22.4 Å². The molecule has 1 aliphatic heterocycles. The number of methoxy groups -OCH3 is 1. The summed E-state index contributed by atoms with van der Waals surface area (Å²) >= 11 is 0. The van der Waals surface area contributed by atoms with E-state index in [1.807, 2.05) is 32.9 Å². The number of carbonyl (C=O) groups is 1. The van der Waals surface area contributed by atoms with Gasteiger partial charge < -0.3 is 10.1 Å². The minimum Gasteiger partial charge on any atom is -0.496 e. The molecule has 0 radical (unpaired) electrons. The van der Waals surface area contributed by atoms with Crippen molar-refractivity contribution < 1.29 is 17.9 Å². The van der Waals surface area contributed by atoms with E-state index in [9.17, 15) is 13.2 Å². The van der Waals surface area contributed by atoms with Gasteiger partial charge in [-0.3, -0.25) is 4.79 Å². The van der Waals surface area contributed by atoms with Crippen molar-refractivity contribution in [2.24, 2.45) is 5.92 Å². The maximum atomic E-state index is 13.1. The maximum absolute atomic E-state index is 13.1. The zero-order valence-electron chi connectivity index (χ0n) is 18.9. The minimum absolute atomic E-state index is 0.118. The smallest absolute Gasteiger partial charge is 0.255 e. The number of ether oxygens (including phenoxy) is 1. The summed E-state index contributed by atoms with van der Waals surface area (Å²) in [7, 11) is -2.19. The second-order valence-electron chi connectivity index (χ2n) is 8.50. The SMILES string of the molecule is COc1ccc(S(=O)(=O)N2CCC(C)CC2)cc1C(=O)NC(C)c1ccc(C)cc1C. The van der Waals surface area contributed by atoms with E-state index >= 15 is 0 Å². The number of rotatable bonds is 6. The molecule has 2 aromatic carbocycles. The Kier molecular flexibility index (Phi) is 7.06. The van der Waals surface area contributed by atoms with Gasteiger partial charge in [-0.1, -0.05) is 30.7 Å². The van der Waals surface area contributed by atoms with Gasteiger partial charge in [0.25, 0.3) is 5.91 Å². The van der Waals surface area contributed by atoms with Crippen LogP contribution in [0.2, 0.25) is 0 Å². The van der Waals surface area contributed by atoms with Crippen LogP contribution in [-0.4, -0.2) is 38.8 Å². The van der Waals surface area contributed by atoms with Crippen LogP contribution in [0.3, 0.4) is 0 Å². The number of aryl methyl sites for hydroxylation is 2. The summed E-state index contributed by atoms with van der Waals surface area (Å²) in [6.07, 6.45) is 1.69. The number of nitrogens with zero attached hydrogens (tertiary/aromatic N) is 1. The van der Waals surface area contributed by atoms with Crippen molar-refractivity contribution in [1.82, 2.24) is 9.62 Å². The second kappa shape index (κ2) is 9.40. The zero-order valence-corrected chi connectivity index (χ0v) is 19.8. The molecule has 0 aliphatic carbocycles. The monoisotopic (exact) mass is 444 g/mol. The number of nitrogens with one attached hydrogen (secondary N) is 1. The molecule has 1 amide bonds. The molecule has 0 aromatic heterocycles. The Morgan fingerprint density at radius 3 is 2.42 bits per heavy atom. The van der Waals surface area contributed by atoms with Crippen LogP contribution >= 0.6 is 0 Å².